The van der Waals surface area contributed by atoms with E-state index in [-0.39, 0.29) is 12.8 Å². The number of carboxylic acids is 1. The summed E-state index contributed by atoms with van der Waals surface area (Å²) in [6.07, 6.45) is 1.82. The smallest absolute Gasteiger partial charge is 0.326 e. The molecule has 0 aromatic heterocycles. The van der Waals surface area contributed by atoms with E-state index in [1.807, 2.05) is 0 Å². The molecule has 0 fully saturated rings. The number of halogens is 3. The fraction of sp³-hybridized carbons (Fsp3) is 0.444. The number of carboxylic acid groups (broad SMARTS) is 1. The summed E-state index contributed by atoms with van der Waals surface area (Å²) in [5.41, 5.74) is 4.89. The Hall–Kier alpha value is -0.980. The largest absolute Gasteiger partial charge is 0.480 e. The van der Waals surface area contributed by atoms with Gasteiger partial charge in [0, 0.05) is 18.7 Å². The molecule has 0 rings (SSSR count). The van der Waals surface area contributed by atoms with Crippen molar-refractivity contribution in [3.05, 3.63) is 12.3 Å². The lowest BCUT2D eigenvalue weighted by molar-refractivity contribution is -0.139. The summed E-state index contributed by atoms with van der Waals surface area (Å²) in [6, 6.07) is -1.06. The number of aliphatic carboxylic acids is 1. The van der Waals surface area contributed by atoms with Crippen LogP contribution in [0.2, 0.25) is 0 Å². The third kappa shape index (κ3) is 7.37. The first-order chi connectivity index (χ1) is 8.14. The molecule has 0 aromatic rings. The molecule has 4 N–H and O–H groups in total. The van der Waals surface area contributed by atoms with Crippen LogP contribution in [-0.2, 0) is 14.4 Å². The number of hydrogen-bond acceptors (Lipinski definition) is 4. The Morgan fingerprint density at radius 1 is 1.33 bits per heavy atom. The van der Waals surface area contributed by atoms with E-state index in [1.54, 1.807) is 0 Å². The van der Waals surface area contributed by atoms with Crippen LogP contribution >= 0.6 is 34.8 Å². The SMILES string of the molecule is NC(=O)CC[C@H](N/C=C\C(=O)C(Cl)(Cl)Cl)C(=O)O. The molecule has 0 aromatic carbocycles. The number of amides is 1. The minimum Gasteiger partial charge on any atom is -0.480 e. The van der Waals surface area contributed by atoms with Gasteiger partial charge in [0.15, 0.2) is 0 Å². The third-order valence-electron chi connectivity index (χ3n) is 1.79. The molecule has 0 unspecified atom stereocenters. The molecular formula is C9H11Cl3N2O4. The summed E-state index contributed by atoms with van der Waals surface area (Å²) in [6.45, 7) is 0. The van der Waals surface area contributed by atoms with Gasteiger partial charge in [0.1, 0.15) is 6.04 Å². The van der Waals surface area contributed by atoms with Crippen LogP contribution < -0.4 is 11.1 Å². The second kappa shape index (κ2) is 7.45. The van der Waals surface area contributed by atoms with E-state index < -0.39 is 27.5 Å². The van der Waals surface area contributed by atoms with Crippen molar-refractivity contribution in [2.75, 3.05) is 0 Å². The van der Waals surface area contributed by atoms with Gasteiger partial charge in [-0.05, 0) is 6.42 Å². The molecule has 6 nitrogen and oxygen atoms in total. The molecule has 0 aliphatic rings. The normalized spacial score (nSPS) is 13.3. The molecule has 0 saturated carbocycles. The highest BCUT2D eigenvalue weighted by Gasteiger charge is 2.28. The second-order valence-corrected chi connectivity index (χ2v) is 5.54. The highest BCUT2D eigenvalue weighted by Crippen LogP contribution is 2.27. The Balaban J connectivity index is 4.36. The van der Waals surface area contributed by atoms with Gasteiger partial charge in [-0.1, -0.05) is 34.8 Å². The van der Waals surface area contributed by atoms with Crippen LogP contribution in [0, 0.1) is 0 Å². The number of hydrogen-bond donors (Lipinski definition) is 3. The standard InChI is InChI=1S/C9H11Cl3N2O4/c10-9(11,12)6(15)3-4-14-5(8(17)18)1-2-7(13)16/h3-5,14H,1-2H2,(H2,13,16)(H,17,18)/b4-3-/t5-/m0/s1. The van der Waals surface area contributed by atoms with Crippen LogP contribution in [0.1, 0.15) is 12.8 Å². The minimum atomic E-state index is -2.09. The van der Waals surface area contributed by atoms with Gasteiger partial charge in [-0.25, -0.2) is 4.79 Å². The summed E-state index contributed by atoms with van der Waals surface area (Å²) in [4.78, 5) is 32.4. The van der Waals surface area contributed by atoms with Gasteiger partial charge < -0.3 is 16.2 Å². The fourth-order valence-electron chi connectivity index (χ4n) is 0.899. The van der Waals surface area contributed by atoms with Crippen molar-refractivity contribution >= 4 is 52.5 Å². The molecule has 9 heteroatoms. The van der Waals surface area contributed by atoms with E-state index >= 15 is 0 Å². The van der Waals surface area contributed by atoms with E-state index in [9.17, 15) is 14.4 Å². The number of carbonyl (C=O) groups excluding carboxylic acids is 2. The minimum absolute atomic E-state index is 0.0169. The van der Waals surface area contributed by atoms with Gasteiger partial charge in [-0.15, -0.1) is 0 Å². The average Bonchev–Trinajstić information content (AvgIpc) is 2.20. The Labute approximate surface area is 118 Å². The predicted molar refractivity (Wildman–Crippen MR) is 67.4 cm³/mol. The van der Waals surface area contributed by atoms with Gasteiger partial charge in [-0.2, -0.15) is 0 Å². The van der Waals surface area contributed by atoms with Crippen molar-refractivity contribution in [3.8, 4) is 0 Å². The van der Waals surface area contributed by atoms with Crippen LogP contribution in [0.25, 0.3) is 0 Å². The van der Waals surface area contributed by atoms with Gasteiger partial charge in [0.05, 0.1) is 0 Å². The van der Waals surface area contributed by atoms with Crippen molar-refractivity contribution in [3.63, 3.8) is 0 Å². The topological polar surface area (TPSA) is 109 Å². The summed E-state index contributed by atoms with van der Waals surface area (Å²) in [5.74, 6) is -2.63. The molecule has 18 heavy (non-hydrogen) atoms. The fourth-order valence-corrected chi connectivity index (χ4v) is 1.09. The average molecular weight is 318 g/mol. The molecular weight excluding hydrogens is 306 g/mol. The predicted octanol–water partition coefficient (Wildman–Crippen LogP) is 0.748. The zero-order valence-corrected chi connectivity index (χ0v) is 11.3. The molecule has 0 saturated heterocycles. The first-order valence-electron chi connectivity index (χ1n) is 4.69. The van der Waals surface area contributed by atoms with Crippen molar-refractivity contribution in [1.82, 2.24) is 5.32 Å². The van der Waals surface area contributed by atoms with E-state index in [0.29, 0.717) is 0 Å². The monoisotopic (exact) mass is 316 g/mol. The van der Waals surface area contributed by atoms with Crippen molar-refractivity contribution in [1.29, 1.82) is 0 Å². The lowest BCUT2D eigenvalue weighted by atomic mass is 10.1. The maximum absolute atomic E-state index is 11.1. The number of alkyl halides is 3. The highest BCUT2D eigenvalue weighted by atomic mass is 35.6. The van der Waals surface area contributed by atoms with Gasteiger partial charge >= 0.3 is 5.97 Å². The zero-order chi connectivity index (χ0) is 14.3. The zero-order valence-electron chi connectivity index (χ0n) is 9.03. The summed E-state index contributed by atoms with van der Waals surface area (Å²) >= 11 is 15.9. The van der Waals surface area contributed by atoms with Crippen LogP contribution in [0.15, 0.2) is 12.3 Å². The number of ketones is 1. The maximum Gasteiger partial charge on any atom is 0.326 e. The molecule has 0 heterocycles. The van der Waals surface area contributed by atoms with E-state index in [0.717, 1.165) is 12.3 Å². The molecule has 0 radical (unpaired) electrons. The Bertz CT molecular complexity index is 365. The molecule has 0 aliphatic carbocycles. The van der Waals surface area contributed by atoms with Crippen molar-refractivity contribution in [2.45, 2.75) is 22.7 Å². The van der Waals surface area contributed by atoms with Gasteiger partial charge in [0.2, 0.25) is 11.7 Å². The number of nitrogens with one attached hydrogen (secondary N) is 1. The molecule has 0 aliphatic heterocycles. The van der Waals surface area contributed by atoms with Crippen molar-refractivity contribution in [2.24, 2.45) is 5.73 Å². The lowest BCUT2D eigenvalue weighted by Gasteiger charge is -2.11. The van der Waals surface area contributed by atoms with E-state index in [1.165, 1.54) is 0 Å². The molecule has 0 bridgehead atoms. The van der Waals surface area contributed by atoms with Crippen molar-refractivity contribution < 1.29 is 19.5 Å². The summed E-state index contributed by atoms with van der Waals surface area (Å²) in [7, 11) is 0. The first kappa shape index (κ1) is 17.0. The third-order valence-corrected chi connectivity index (χ3v) is 2.35. The molecule has 1 amide bonds. The number of primary amides is 1. The van der Waals surface area contributed by atoms with Crippen LogP contribution in [0.3, 0.4) is 0 Å². The first-order valence-corrected chi connectivity index (χ1v) is 5.83. The number of rotatable bonds is 7. The molecule has 1 atom stereocenters. The molecule has 0 spiro atoms. The van der Waals surface area contributed by atoms with Gasteiger partial charge in [-0.3, -0.25) is 9.59 Å². The van der Waals surface area contributed by atoms with E-state index in [2.05, 4.69) is 5.32 Å². The Morgan fingerprint density at radius 3 is 2.28 bits per heavy atom. The number of carbonyl (C=O) groups is 3. The van der Waals surface area contributed by atoms with Crippen LogP contribution in [0.5, 0.6) is 0 Å². The Kier molecular flexibility index (Phi) is 7.05. The Morgan fingerprint density at radius 2 is 1.89 bits per heavy atom. The second-order valence-electron chi connectivity index (χ2n) is 3.26. The molecule has 102 valence electrons. The summed E-state index contributed by atoms with van der Waals surface area (Å²) in [5, 5.41) is 11.2. The number of allylic oxidation sites excluding steroid dienone is 1. The van der Waals surface area contributed by atoms with Gasteiger partial charge in [0.25, 0.3) is 3.79 Å². The quantitative estimate of drug-likeness (QED) is 0.474. The van der Waals surface area contributed by atoms with Crippen LogP contribution in [-0.4, -0.2) is 32.6 Å². The van der Waals surface area contributed by atoms with E-state index in [4.69, 9.17) is 45.6 Å². The number of nitrogens with two attached hydrogens (primary N) is 1. The summed E-state index contributed by atoms with van der Waals surface area (Å²) < 4.78 is -2.09. The van der Waals surface area contributed by atoms with Crippen LogP contribution in [0.4, 0.5) is 0 Å². The maximum atomic E-state index is 11.1. The lowest BCUT2D eigenvalue weighted by Crippen LogP contribution is -2.34. The highest BCUT2D eigenvalue weighted by molar-refractivity contribution is 6.77.